The first-order valence-corrected chi connectivity index (χ1v) is 10.9. The molecule has 0 aliphatic rings. The average Bonchev–Trinajstić information content (AvgIpc) is 2.70. The zero-order chi connectivity index (χ0) is 23.2. The number of hydrogen-bond donors (Lipinski definition) is 1. The van der Waals surface area contributed by atoms with E-state index in [1.807, 2.05) is 36.6 Å². The summed E-state index contributed by atoms with van der Waals surface area (Å²) in [4.78, 5) is 38.6. The zero-order valence-corrected chi connectivity index (χ0v) is 19.3. The molecule has 0 spiro atoms. The van der Waals surface area contributed by atoms with E-state index >= 15 is 0 Å². The minimum atomic E-state index is -0.952. The first-order chi connectivity index (χ1) is 14.7. The molecule has 3 atom stereocenters. The quantitative estimate of drug-likeness (QED) is 0.177. The van der Waals surface area contributed by atoms with Gasteiger partial charge in [0.15, 0.2) is 11.3 Å². The number of nitrogens with one attached hydrogen (secondary N) is 1. The SMILES string of the molecule is CSC(=NCCO[C@H](COC(C)=O)[C@@H](OC(C)=O)[C@@H](C)OC(C)=O)Nc1ccccc1. The summed E-state index contributed by atoms with van der Waals surface area (Å²) in [6.07, 6.45) is -0.687. The molecule has 10 heteroatoms. The van der Waals surface area contributed by atoms with Crippen molar-refractivity contribution in [1.82, 2.24) is 0 Å². The van der Waals surface area contributed by atoms with E-state index in [1.54, 1.807) is 6.92 Å². The van der Waals surface area contributed by atoms with Crippen molar-refractivity contribution in [3.05, 3.63) is 30.3 Å². The van der Waals surface area contributed by atoms with Crippen molar-refractivity contribution in [2.45, 2.75) is 46.0 Å². The van der Waals surface area contributed by atoms with Crippen LogP contribution in [0.2, 0.25) is 0 Å². The first kappa shape index (κ1) is 26.4. The van der Waals surface area contributed by atoms with Crippen molar-refractivity contribution < 1.29 is 33.3 Å². The van der Waals surface area contributed by atoms with Gasteiger partial charge in [0.1, 0.15) is 18.8 Å². The van der Waals surface area contributed by atoms with Crippen LogP contribution in [0.25, 0.3) is 0 Å². The van der Waals surface area contributed by atoms with Crippen molar-refractivity contribution in [2.75, 3.05) is 31.3 Å². The van der Waals surface area contributed by atoms with Crippen LogP contribution < -0.4 is 5.32 Å². The standard InChI is InChI=1S/C21H30N2O7S/c1-14(29-16(3)25)20(30-17(4)26)19(13-28-15(2)24)27-12-11-22-21(31-5)23-18-9-7-6-8-10-18/h6-10,14,19-20H,11-13H2,1-5H3,(H,22,23)/t14-,19-,20+/m1/s1. The molecule has 1 N–H and O–H groups in total. The van der Waals surface area contributed by atoms with E-state index in [0.717, 1.165) is 5.69 Å². The van der Waals surface area contributed by atoms with Crippen molar-refractivity contribution in [3.8, 4) is 0 Å². The summed E-state index contributed by atoms with van der Waals surface area (Å²) in [5.41, 5.74) is 0.911. The lowest BCUT2D eigenvalue weighted by Gasteiger charge is -2.30. The fourth-order valence-corrected chi connectivity index (χ4v) is 3.02. The molecule has 0 unspecified atom stereocenters. The number of thioether (sulfide) groups is 1. The van der Waals surface area contributed by atoms with E-state index in [4.69, 9.17) is 18.9 Å². The van der Waals surface area contributed by atoms with E-state index in [2.05, 4.69) is 10.3 Å². The number of carbonyl (C=O) groups is 3. The summed E-state index contributed by atoms with van der Waals surface area (Å²) < 4.78 is 21.3. The molecule has 0 saturated heterocycles. The third kappa shape index (κ3) is 11.4. The van der Waals surface area contributed by atoms with E-state index < -0.39 is 36.2 Å². The fourth-order valence-electron chi connectivity index (χ4n) is 2.58. The molecule has 1 rings (SSSR count). The van der Waals surface area contributed by atoms with Gasteiger partial charge in [0.2, 0.25) is 0 Å². The number of ether oxygens (including phenoxy) is 4. The number of aliphatic imine (C=N–C) groups is 1. The van der Waals surface area contributed by atoms with Crippen LogP contribution in [0.5, 0.6) is 0 Å². The Hall–Kier alpha value is -2.59. The second-order valence-corrected chi connectivity index (χ2v) is 7.28. The summed E-state index contributed by atoms with van der Waals surface area (Å²) >= 11 is 1.45. The lowest BCUT2D eigenvalue weighted by atomic mass is 10.1. The third-order valence-electron chi connectivity index (χ3n) is 3.83. The van der Waals surface area contributed by atoms with Gasteiger partial charge in [0, 0.05) is 26.5 Å². The molecule has 0 heterocycles. The van der Waals surface area contributed by atoms with Crippen LogP contribution in [0.3, 0.4) is 0 Å². The van der Waals surface area contributed by atoms with Crippen molar-refractivity contribution >= 4 is 40.5 Å². The predicted molar refractivity (Wildman–Crippen MR) is 119 cm³/mol. The smallest absolute Gasteiger partial charge is 0.303 e. The van der Waals surface area contributed by atoms with Gasteiger partial charge in [-0.3, -0.25) is 19.4 Å². The molecule has 9 nitrogen and oxygen atoms in total. The Bertz CT molecular complexity index is 743. The monoisotopic (exact) mass is 454 g/mol. The molecule has 0 bridgehead atoms. The van der Waals surface area contributed by atoms with Crippen molar-refractivity contribution in [3.63, 3.8) is 0 Å². The summed E-state index contributed by atoms with van der Waals surface area (Å²) in [5, 5.41) is 3.91. The fraction of sp³-hybridized carbons (Fsp3) is 0.524. The van der Waals surface area contributed by atoms with Crippen LogP contribution in [0, 0.1) is 0 Å². The summed E-state index contributed by atoms with van der Waals surface area (Å²) in [6, 6.07) is 9.62. The normalized spacial score (nSPS) is 14.2. The van der Waals surface area contributed by atoms with Gasteiger partial charge in [0.25, 0.3) is 0 Å². The van der Waals surface area contributed by atoms with Gasteiger partial charge in [-0.15, -0.1) is 0 Å². The highest BCUT2D eigenvalue weighted by atomic mass is 32.2. The van der Waals surface area contributed by atoms with E-state index in [-0.39, 0.29) is 13.2 Å². The zero-order valence-electron chi connectivity index (χ0n) is 18.5. The number of rotatable bonds is 11. The molecule has 0 aliphatic heterocycles. The molecular weight excluding hydrogens is 424 g/mol. The lowest BCUT2D eigenvalue weighted by Crippen LogP contribution is -2.45. The van der Waals surface area contributed by atoms with Crippen LogP contribution in [-0.4, -0.2) is 67.4 Å². The van der Waals surface area contributed by atoms with Gasteiger partial charge in [-0.1, -0.05) is 30.0 Å². The van der Waals surface area contributed by atoms with Gasteiger partial charge < -0.3 is 24.3 Å². The highest BCUT2D eigenvalue weighted by Crippen LogP contribution is 2.15. The topological polar surface area (TPSA) is 113 Å². The summed E-state index contributed by atoms with van der Waals surface area (Å²) in [7, 11) is 0. The Labute approximate surface area is 186 Å². The maximum Gasteiger partial charge on any atom is 0.303 e. The Morgan fingerprint density at radius 3 is 2.23 bits per heavy atom. The number of nitrogens with zero attached hydrogens (tertiary/aromatic N) is 1. The number of anilines is 1. The molecule has 172 valence electrons. The first-order valence-electron chi connectivity index (χ1n) is 9.72. The number of benzene rings is 1. The van der Waals surface area contributed by atoms with E-state index in [1.165, 1.54) is 32.5 Å². The van der Waals surface area contributed by atoms with Gasteiger partial charge >= 0.3 is 17.9 Å². The van der Waals surface area contributed by atoms with Gasteiger partial charge in [-0.25, -0.2) is 0 Å². The van der Waals surface area contributed by atoms with Gasteiger partial charge in [-0.2, -0.15) is 0 Å². The van der Waals surface area contributed by atoms with Crippen LogP contribution in [0.15, 0.2) is 35.3 Å². The van der Waals surface area contributed by atoms with Crippen LogP contribution in [-0.2, 0) is 33.3 Å². The largest absolute Gasteiger partial charge is 0.463 e. The molecule has 0 saturated carbocycles. The Morgan fingerprint density at radius 2 is 1.68 bits per heavy atom. The molecular formula is C21H30N2O7S. The number of amidine groups is 1. The third-order valence-corrected chi connectivity index (χ3v) is 4.45. The lowest BCUT2D eigenvalue weighted by molar-refractivity contribution is -0.182. The van der Waals surface area contributed by atoms with Crippen LogP contribution in [0.4, 0.5) is 5.69 Å². The number of esters is 3. The molecule has 0 aromatic heterocycles. The number of carbonyl (C=O) groups excluding carboxylic acids is 3. The second kappa shape index (κ2) is 14.4. The van der Waals surface area contributed by atoms with E-state index in [9.17, 15) is 14.4 Å². The molecule has 0 radical (unpaired) electrons. The highest BCUT2D eigenvalue weighted by Gasteiger charge is 2.33. The average molecular weight is 455 g/mol. The summed E-state index contributed by atoms with van der Waals surface area (Å²) in [6.45, 7) is 5.63. The molecule has 0 fully saturated rings. The molecule has 0 aliphatic carbocycles. The molecule has 31 heavy (non-hydrogen) atoms. The number of para-hydroxylation sites is 1. The van der Waals surface area contributed by atoms with E-state index in [0.29, 0.717) is 11.7 Å². The minimum Gasteiger partial charge on any atom is -0.463 e. The van der Waals surface area contributed by atoms with Crippen LogP contribution in [0.1, 0.15) is 27.7 Å². The Kier molecular flexibility index (Phi) is 12.3. The Morgan fingerprint density at radius 1 is 1.03 bits per heavy atom. The Balaban J connectivity index is 2.80. The highest BCUT2D eigenvalue weighted by molar-refractivity contribution is 8.13. The van der Waals surface area contributed by atoms with Gasteiger partial charge in [0.05, 0.1) is 13.2 Å². The molecule has 0 amide bonds. The molecule has 1 aromatic rings. The summed E-state index contributed by atoms with van der Waals surface area (Å²) in [5.74, 6) is -1.61. The predicted octanol–water partition coefficient (Wildman–Crippen LogP) is 2.65. The minimum absolute atomic E-state index is 0.164. The van der Waals surface area contributed by atoms with Crippen LogP contribution >= 0.6 is 11.8 Å². The van der Waals surface area contributed by atoms with Gasteiger partial charge in [-0.05, 0) is 25.3 Å². The number of hydrogen-bond acceptors (Lipinski definition) is 9. The maximum absolute atomic E-state index is 11.6. The molecule has 1 aromatic carbocycles. The second-order valence-electron chi connectivity index (χ2n) is 6.48. The van der Waals surface area contributed by atoms with Crippen molar-refractivity contribution in [1.29, 1.82) is 0 Å². The maximum atomic E-state index is 11.6. The van der Waals surface area contributed by atoms with Crippen molar-refractivity contribution in [2.24, 2.45) is 4.99 Å².